The second-order valence-electron chi connectivity index (χ2n) is 5.15. The molecule has 2 N–H and O–H groups in total. The summed E-state index contributed by atoms with van der Waals surface area (Å²) in [5.74, 6) is 1.26. The van der Waals surface area contributed by atoms with Crippen LogP contribution in [0.25, 0.3) is 0 Å². The predicted molar refractivity (Wildman–Crippen MR) is 87.5 cm³/mol. The van der Waals surface area contributed by atoms with E-state index in [2.05, 4.69) is 10.6 Å². The highest BCUT2D eigenvalue weighted by molar-refractivity contribution is 6.31. The first-order valence-corrected chi connectivity index (χ1v) is 7.40. The fourth-order valence-corrected chi connectivity index (χ4v) is 2.48. The SMILES string of the molecule is Cc1c(Cl)cccc1OCC(=O)NCCC1CCNC1.Cl. The molecule has 0 saturated carbocycles. The molecule has 1 saturated heterocycles. The number of nitrogens with one attached hydrogen (secondary N) is 2. The van der Waals surface area contributed by atoms with Gasteiger partial charge in [0.05, 0.1) is 0 Å². The number of benzene rings is 1. The summed E-state index contributed by atoms with van der Waals surface area (Å²) >= 11 is 6.00. The Kier molecular flexibility index (Phi) is 7.86. The van der Waals surface area contributed by atoms with Crippen LogP contribution in [0.5, 0.6) is 5.75 Å². The maximum Gasteiger partial charge on any atom is 0.257 e. The zero-order valence-electron chi connectivity index (χ0n) is 12.2. The van der Waals surface area contributed by atoms with Gasteiger partial charge in [0.25, 0.3) is 5.91 Å². The number of ether oxygens (including phenoxy) is 1. The highest BCUT2D eigenvalue weighted by Crippen LogP contribution is 2.24. The minimum atomic E-state index is -0.0877. The maximum absolute atomic E-state index is 11.7. The Labute approximate surface area is 137 Å². The summed E-state index contributed by atoms with van der Waals surface area (Å²) in [6.07, 6.45) is 2.23. The lowest BCUT2D eigenvalue weighted by molar-refractivity contribution is -0.123. The molecular weight excluding hydrogens is 311 g/mol. The third kappa shape index (κ3) is 5.73. The van der Waals surface area contributed by atoms with Gasteiger partial charge in [-0.1, -0.05) is 17.7 Å². The van der Waals surface area contributed by atoms with Crippen LogP contribution in [0.2, 0.25) is 5.02 Å². The minimum absolute atomic E-state index is 0. The van der Waals surface area contributed by atoms with E-state index in [9.17, 15) is 4.79 Å². The molecule has 6 heteroatoms. The Balaban J connectivity index is 0.00000220. The summed E-state index contributed by atoms with van der Waals surface area (Å²) < 4.78 is 5.49. The summed E-state index contributed by atoms with van der Waals surface area (Å²) in [5.41, 5.74) is 0.860. The van der Waals surface area contributed by atoms with Crippen LogP contribution in [0.4, 0.5) is 0 Å². The average molecular weight is 333 g/mol. The minimum Gasteiger partial charge on any atom is -0.483 e. The summed E-state index contributed by atoms with van der Waals surface area (Å²) in [6, 6.07) is 5.44. The van der Waals surface area contributed by atoms with E-state index in [1.165, 1.54) is 6.42 Å². The average Bonchev–Trinajstić information content (AvgIpc) is 2.94. The summed E-state index contributed by atoms with van der Waals surface area (Å²) in [4.78, 5) is 11.7. The lowest BCUT2D eigenvalue weighted by Gasteiger charge is -2.11. The lowest BCUT2D eigenvalue weighted by atomic mass is 10.1. The monoisotopic (exact) mass is 332 g/mol. The molecule has 1 aliphatic heterocycles. The second kappa shape index (κ2) is 9.13. The van der Waals surface area contributed by atoms with Crippen molar-refractivity contribution < 1.29 is 9.53 Å². The van der Waals surface area contributed by atoms with E-state index < -0.39 is 0 Å². The van der Waals surface area contributed by atoms with Crippen molar-refractivity contribution in [2.24, 2.45) is 5.92 Å². The molecule has 1 amide bonds. The van der Waals surface area contributed by atoms with Crippen LogP contribution in [0.3, 0.4) is 0 Å². The lowest BCUT2D eigenvalue weighted by Crippen LogP contribution is -2.31. The fraction of sp³-hybridized carbons (Fsp3) is 0.533. The van der Waals surface area contributed by atoms with Crippen LogP contribution in [0, 0.1) is 12.8 Å². The van der Waals surface area contributed by atoms with Gasteiger partial charge < -0.3 is 15.4 Å². The number of amides is 1. The van der Waals surface area contributed by atoms with Gasteiger partial charge >= 0.3 is 0 Å². The smallest absolute Gasteiger partial charge is 0.257 e. The summed E-state index contributed by atoms with van der Waals surface area (Å²) in [6.45, 7) is 4.78. The van der Waals surface area contributed by atoms with Crippen molar-refractivity contribution >= 4 is 29.9 Å². The molecule has 1 aromatic rings. The molecule has 4 nitrogen and oxygen atoms in total. The third-order valence-corrected chi connectivity index (χ3v) is 4.02. The van der Waals surface area contributed by atoms with Crippen LogP contribution in [0.1, 0.15) is 18.4 Å². The Hall–Kier alpha value is -0.970. The largest absolute Gasteiger partial charge is 0.483 e. The topological polar surface area (TPSA) is 50.4 Å². The van der Waals surface area contributed by atoms with Crippen molar-refractivity contribution in [2.45, 2.75) is 19.8 Å². The van der Waals surface area contributed by atoms with Crippen molar-refractivity contribution in [1.29, 1.82) is 0 Å². The summed E-state index contributed by atoms with van der Waals surface area (Å²) in [5, 5.41) is 6.86. The van der Waals surface area contributed by atoms with Gasteiger partial charge in [-0.15, -0.1) is 12.4 Å². The second-order valence-corrected chi connectivity index (χ2v) is 5.56. The zero-order chi connectivity index (χ0) is 14.4. The zero-order valence-corrected chi connectivity index (χ0v) is 13.7. The standard InChI is InChI=1S/C15H21ClN2O2.ClH/c1-11-13(16)3-2-4-14(11)20-10-15(19)18-8-6-12-5-7-17-9-12;/h2-4,12,17H,5-10H2,1H3,(H,18,19);1H. The van der Waals surface area contributed by atoms with E-state index >= 15 is 0 Å². The van der Waals surface area contributed by atoms with Crippen LogP contribution in [0.15, 0.2) is 18.2 Å². The molecule has 1 aliphatic rings. The van der Waals surface area contributed by atoms with Gasteiger partial charge in [0.15, 0.2) is 6.61 Å². The molecule has 1 aromatic carbocycles. The van der Waals surface area contributed by atoms with E-state index in [-0.39, 0.29) is 24.9 Å². The number of rotatable bonds is 6. The van der Waals surface area contributed by atoms with Crippen molar-refractivity contribution in [3.63, 3.8) is 0 Å². The van der Waals surface area contributed by atoms with E-state index in [1.807, 2.05) is 19.1 Å². The third-order valence-electron chi connectivity index (χ3n) is 3.61. The van der Waals surface area contributed by atoms with Gasteiger partial charge in [0, 0.05) is 17.1 Å². The Morgan fingerprint density at radius 3 is 3.05 bits per heavy atom. The molecule has 2 rings (SSSR count). The fourth-order valence-electron chi connectivity index (χ4n) is 2.31. The molecular formula is C15H22Cl2N2O2. The van der Waals surface area contributed by atoms with Crippen molar-refractivity contribution in [2.75, 3.05) is 26.2 Å². The Morgan fingerprint density at radius 2 is 2.33 bits per heavy atom. The number of hydrogen-bond acceptors (Lipinski definition) is 3. The first-order chi connectivity index (χ1) is 9.66. The molecule has 0 bridgehead atoms. The van der Waals surface area contributed by atoms with Gasteiger partial charge in [-0.2, -0.15) is 0 Å². The quantitative estimate of drug-likeness (QED) is 0.841. The van der Waals surface area contributed by atoms with Gasteiger partial charge in [-0.05, 0) is 50.9 Å². The molecule has 0 aliphatic carbocycles. The first-order valence-electron chi connectivity index (χ1n) is 7.02. The van der Waals surface area contributed by atoms with Gasteiger partial charge in [-0.3, -0.25) is 4.79 Å². The molecule has 1 heterocycles. The van der Waals surface area contributed by atoms with Crippen LogP contribution in [-0.2, 0) is 4.79 Å². The van der Waals surface area contributed by atoms with Crippen molar-refractivity contribution in [3.8, 4) is 5.75 Å². The highest BCUT2D eigenvalue weighted by Gasteiger charge is 2.14. The molecule has 0 aromatic heterocycles. The Morgan fingerprint density at radius 1 is 1.52 bits per heavy atom. The highest BCUT2D eigenvalue weighted by atomic mass is 35.5. The van der Waals surface area contributed by atoms with E-state index in [0.29, 0.717) is 23.2 Å². The number of halogens is 2. The van der Waals surface area contributed by atoms with Crippen molar-refractivity contribution in [3.05, 3.63) is 28.8 Å². The van der Waals surface area contributed by atoms with Crippen LogP contribution < -0.4 is 15.4 Å². The summed E-state index contributed by atoms with van der Waals surface area (Å²) in [7, 11) is 0. The molecule has 0 radical (unpaired) electrons. The van der Waals surface area contributed by atoms with Crippen LogP contribution >= 0.6 is 24.0 Å². The van der Waals surface area contributed by atoms with Gasteiger partial charge in [0.1, 0.15) is 5.75 Å². The first kappa shape index (κ1) is 18.1. The molecule has 1 unspecified atom stereocenters. The Bertz CT molecular complexity index is 463. The molecule has 118 valence electrons. The van der Waals surface area contributed by atoms with E-state index in [0.717, 1.165) is 25.1 Å². The van der Waals surface area contributed by atoms with E-state index in [4.69, 9.17) is 16.3 Å². The predicted octanol–water partition coefficient (Wildman–Crippen LogP) is 2.56. The number of carbonyl (C=O) groups excluding carboxylic acids is 1. The van der Waals surface area contributed by atoms with Gasteiger partial charge in [-0.25, -0.2) is 0 Å². The van der Waals surface area contributed by atoms with Gasteiger partial charge in [0.2, 0.25) is 0 Å². The van der Waals surface area contributed by atoms with Crippen molar-refractivity contribution in [1.82, 2.24) is 10.6 Å². The maximum atomic E-state index is 11.7. The number of hydrogen-bond donors (Lipinski definition) is 2. The molecule has 1 atom stereocenters. The van der Waals surface area contributed by atoms with E-state index in [1.54, 1.807) is 6.07 Å². The van der Waals surface area contributed by atoms with Crippen LogP contribution in [-0.4, -0.2) is 32.1 Å². The molecule has 1 fully saturated rings. The number of carbonyl (C=O) groups is 1. The normalized spacial score (nSPS) is 17.1. The molecule has 21 heavy (non-hydrogen) atoms. The molecule has 0 spiro atoms.